The Morgan fingerprint density at radius 2 is 2.17 bits per heavy atom. The van der Waals surface area contributed by atoms with E-state index in [1.54, 1.807) is 6.07 Å². The molecule has 100 valence electrons. The summed E-state index contributed by atoms with van der Waals surface area (Å²) in [5.74, 6) is 0. The predicted molar refractivity (Wildman–Crippen MR) is 72.7 cm³/mol. The maximum atomic E-state index is 12.1. The zero-order chi connectivity index (χ0) is 13.2. The molecule has 1 heterocycles. The van der Waals surface area contributed by atoms with Crippen LogP contribution in [-0.4, -0.2) is 27.5 Å². The zero-order valence-electron chi connectivity index (χ0n) is 9.62. The molecule has 1 atom stereocenters. The minimum atomic E-state index is -3.61. The van der Waals surface area contributed by atoms with Gasteiger partial charge in [-0.25, -0.2) is 13.1 Å². The zero-order valence-corrected chi connectivity index (χ0v) is 11.9. The largest absolute Gasteiger partial charge is 0.313 e. The van der Waals surface area contributed by atoms with Crippen LogP contribution in [0.15, 0.2) is 23.1 Å². The fraction of sp³-hybridized carbons (Fsp3) is 0.455. The SMILES string of the molecule is O=S(=O)(NCC1CCCN1)c1cc(Cl)ccc1Cl. The van der Waals surface area contributed by atoms with Crippen LogP contribution in [0.1, 0.15) is 12.8 Å². The molecule has 1 aliphatic rings. The molecular formula is C11H14Cl2N2O2S. The lowest BCUT2D eigenvalue weighted by molar-refractivity contribution is 0.552. The summed E-state index contributed by atoms with van der Waals surface area (Å²) >= 11 is 11.7. The third-order valence-corrected chi connectivity index (χ3v) is 5.01. The molecule has 1 aromatic carbocycles. The van der Waals surface area contributed by atoms with Gasteiger partial charge >= 0.3 is 0 Å². The van der Waals surface area contributed by atoms with Crippen molar-refractivity contribution in [3.63, 3.8) is 0 Å². The van der Waals surface area contributed by atoms with E-state index < -0.39 is 10.0 Å². The fourth-order valence-electron chi connectivity index (χ4n) is 1.90. The first-order valence-electron chi connectivity index (χ1n) is 5.67. The molecule has 1 saturated heterocycles. The third kappa shape index (κ3) is 3.36. The standard InChI is InChI=1S/C11H14Cl2N2O2S/c12-8-3-4-10(13)11(6-8)18(16,17)15-7-9-2-1-5-14-9/h3-4,6,9,14-15H,1-2,5,7H2. The number of hydrogen-bond acceptors (Lipinski definition) is 3. The Morgan fingerprint density at radius 3 is 2.83 bits per heavy atom. The van der Waals surface area contributed by atoms with Gasteiger partial charge in [-0.05, 0) is 37.6 Å². The Labute approximate surface area is 117 Å². The lowest BCUT2D eigenvalue weighted by Gasteiger charge is -2.13. The van der Waals surface area contributed by atoms with E-state index in [4.69, 9.17) is 23.2 Å². The van der Waals surface area contributed by atoms with Crippen LogP contribution in [0, 0.1) is 0 Å². The van der Waals surface area contributed by atoms with Gasteiger partial charge in [-0.3, -0.25) is 0 Å². The Hall–Kier alpha value is -0.330. The number of sulfonamides is 1. The summed E-state index contributed by atoms with van der Waals surface area (Å²) in [4.78, 5) is 0.0228. The van der Waals surface area contributed by atoms with Crippen LogP contribution < -0.4 is 10.0 Å². The molecule has 2 N–H and O–H groups in total. The maximum Gasteiger partial charge on any atom is 0.242 e. The maximum absolute atomic E-state index is 12.1. The first-order chi connectivity index (χ1) is 8.49. The number of nitrogens with one attached hydrogen (secondary N) is 2. The van der Waals surface area contributed by atoms with Gasteiger partial charge in [0.15, 0.2) is 0 Å². The van der Waals surface area contributed by atoms with E-state index in [2.05, 4.69) is 10.0 Å². The molecule has 1 unspecified atom stereocenters. The van der Waals surface area contributed by atoms with Crippen LogP contribution in [0.3, 0.4) is 0 Å². The van der Waals surface area contributed by atoms with Crippen molar-refractivity contribution in [2.45, 2.75) is 23.8 Å². The normalized spacial score (nSPS) is 20.2. The molecule has 0 bridgehead atoms. The summed E-state index contributed by atoms with van der Waals surface area (Å²) in [6, 6.07) is 4.58. The second-order valence-corrected chi connectivity index (χ2v) is 6.80. The van der Waals surface area contributed by atoms with Gasteiger partial charge in [0.05, 0.1) is 5.02 Å². The molecule has 0 aliphatic carbocycles. The van der Waals surface area contributed by atoms with Gasteiger partial charge in [0.2, 0.25) is 10.0 Å². The smallest absolute Gasteiger partial charge is 0.242 e. The molecule has 1 aliphatic heterocycles. The number of rotatable bonds is 4. The van der Waals surface area contributed by atoms with Crippen molar-refractivity contribution in [1.82, 2.24) is 10.0 Å². The van der Waals surface area contributed by atoms with Crippen molar-refractivity contribution >= 4 is 33.2 Å². The molecule has 0 radical (unpaired) electrons. The highest BCUT2D eigenvalue weighted by molar-refractivity contribution is 7.89. The second kappa shape index (κ2) is 5.75. The summed E-state index contributed by atoms with van der Waals surface area (Å²) in [5, 5.41) is 3.74. The van der Waals surface area contributed by atoms with Gasteiger partial charge in [0.1, 0.15) is 4.90 Å². The summed E-state index contributed by atoms with van der Waals surface area (Å²) in [5.41, 5.74) is 0. The molecule has 18 heavy (non-hydrogen) atoms. The molecule has 2 rings (SSSR count). The van der Waals surface area contributed by atoms with E-state index in [-0.39, 0.29) is 16.0 Å². The lowest BCUT2D eigenvalue weighted by Crippen LogP contribution is -2.37. The monoisotopic (exact) mass is 308 g/mol. The topological polar surface area (TPSA) is 58.2 Å². The quantitative estimate of drug-likeness (QED) is 0.894. The van der Waals surface area contributed by atoms with Gasteiger partial charge in [0.25, 0.3) is 0 Å². The number of hydrogen-bond donors (Lipinski definition) is 2. The molecule has 0 saturated carbocycles. The third-order valence-electron chi connectivity index (χ3n) is 2.86. The van der Waals surface area contributed by atoms with E-state index >= 15 is 0 Å². The van der Waals surface area contributed by atoms with E-state index in [0.717, 1.165) is 19.4 Å². The van der Waals surface area contributed by atoms with Crippen LogP contribution in [0.25, 0.3) is 0 Å². The minimum Gasteiger partial charge on any atom is -0.313 e. The predicted octanol–water partition coefficient (Wildman–Crippen LogP) is 2.02. The summed E-state index contributed by atoms with van der Waals surface area (Å²) in [6.45, 7) is 1.30. The van der Waals surface area contributed by atoms with Crippen molar-refractivity contribution < 1.29 is 8.42 Å². The van der Waals surface area contributed by atoms with Gasteiger partial charge in [-0.15, -0.1) is 0 Å². The highest BCUT2D eigenvalue weighted by Gasteiger charge is 2.21. The van der Waals surface area contributed by atoms with Crippen LogP contribution >= 0.6 is 23.2 Å². The molecule has 4 nitrogen and oxygen atoms in total. The Kier molecular flexibility index (Phi) is 4.50. The van der Waals surface area contributed by atoms with Crippen molar-refractivity contribution in [2.75, 3.05) is 13.1 Å². The van der Waals surface area contributed by atoms with Crippen molar-refractivity contribution in [2.24, 2.45) is 0 Å². The highest BCUT2D eigenvalue weighted by atomic mass is 35.5. The molecule has 0 aromatic heterocycles. The van der Waals surface area contributed by atoms with Crippen molar-refractivity contribution in [1.29, 1.82) is 0 Å². The van der Waals surface area contributed by atoms with Crippen molar-refractivity contribution in [3.8, 4) is 0 Å². The van der Waals surface area contributed by atoms with Gasteiger partial charge in [-0.1, -0.05) is 23.2 Å². The molecule has 1 aromatic rings. The first-order valence-corrected chi connectivity index (χ1v) is 7.91. The van der Waals surface area contributed by atoms with Gasteiger partial charge < -0.3 is 5.32 Å². The second-order valence-electron chi connectivity index (χ2n) is 4.22. The molecule has 0 spiro atoms. The van der Waals surface area contributed by atoms with Gasteiger partial charge in [0, 0.05) is 17.6 Å². The Bertz CT molecular complexity index is 528. The molecule has 0 amide bonds. The summed E-state index contributed by atoms with van der Waals surface area (Å²) < 4.78 is 26.7. The van der Waals surface area contributed by atoms with Crippen LogP contribution in [0.4, 0.5) is 0 Å². The van der Waals surface area contributed by atoms with E-state index in [0.29, 0.717) is 11.6 Å². The van der Waals surface area contributed by atoms with Crippen LogP contribution in [0.5, 0.6) is 0 Å². The average Bonchev–Trinajstić information content (AvgIpc) is 2.83. The average molecular weight is 309 g/mol. The van der Waals surface area contributed by atoms with Gasteiger partial charge in [-0.2, -0.15) is 0 Å². The van der Waals surface area contributed by atoms with E-state index in [1.807, 2.05) is 0 Å². The molecule has 1 fully saturated rings. The molecular weight excluding hydrogens is 295 g/mol. The van der Waals surface area contributed by atoms with E-state index in [9.17, 15) is 8.42 Å². The van der Waals surface area contributed by atoms with Crippen molar-refractivity contribution in [3.05, 3.63) is 28.2 Å². The summed E-state index contributed by atoms with van der Waals surface area (Å²) in [6.07, 6.45) is 2.05. The Balaban J connectivity index is 2.12. The first kappa shape index (κ1) is 14.1. The van der Waals surface area contributed by atoms with E-state index in [1.165, 1.54) is 12.1 Å². The fourth-order valence-corrected chi connectivity index (χ4v) is 3.74. The minimum absolute atomic E-state index is 0.0228. The number of halogens is 2. The summed E-state index contributed by atoms with van der Waals surface area (Å²) in [7, 11) is -3.61. The van der Waals surface area contributed by atoms with Crippen LogP contribution in [0.2, 0.25) is 10.0 Å². The molecule has 7 heteroatoms. The number of benzene rings is 1. The highest BCUT2D eigenvalue weighted by Crippen LogP contribution is 2.24. The lowest BCUT2D eigenvalue weighted by atomic mass is 10.2. The van der Waals surface area contributed by atoms with Crippen LogP contribution in [-0.2, 0) is 10.0 Å². The Morgan fingerprint density at radius 1 is 1.39 bits per heavy atom.